The summed E-state index contributed by atoms with van der Waals surface area (Å²) in [6.07, 6.45) is 5.20. The largest absolute Gasteiger partial charge is 0.467 e. The molecule has 136 valence electrons. The van der Waals surface area contributed by atoms with Crippen LogP contribution in [0.25, 0.3) is 0 Å². The summed E-state index contributed by atoms with van der Waals surface area (Å²) in [6.45, 7) is 4.82. The molecule has 1 amide bonds. The molecule has 9 heteroatoms. The van der Waals surface area contributed by atoms with Crippen molar-refractivity contribution in [3.8, 4) is 0 Å². The van der Waals surface area contributed by atoms with Crippen LogP contribution in [0.3, 0.4) is 0 Å². The van der Waals surface area contributed by atoms with Crippen molar-refractivity contribution in [2.75, 3.05) is 31.1 Å². The molecule has 1 aliphatic heterocycles. The first-order valence-corrected chi connectivity index (χ1v) is 8.02. The summed E-state index contributed by atoms with van der Waals surface area (Å²) in [5.74, 6) is 1.57. The van der Waals surface area contributed by atoms with Gasteiger partial charge in [0.15, 0.2) is 5.96 Å². The minimum atomic E-state index is 0. The van der Waals surface area contributed by atoms with Crippen molar-refractivity contribution >= 4 is 41.5 Å². The van der Waals surface area contributed by atoms with E-state index in [1.165, 1.54) is 0 Å². The number of hydrogen-bond donors (Lipinski definition) is 1. The van der Waals surface area contributed by atoms with Gasteiger partial charge in [0, 0.05) is 32.9 Å². The third kappa shape index (κ3) is 4.74. The molecule has 25 heavy (non-hydrogen) atoms. The van der Waals surface area contributed by atoms with Crippen molar-refractivity contribution < 1.29 is 9.21 Å². The van der Waals surface area contributed by atoms with Gasteiger partial charge in [0.25, 0.3) is 0 Å². The van der Waals surface area contributed by atoms with Gasteiger partial charge in [0.1, 0.15) is 18.8 Å². The molecule has 0 radical (unpaired) electrons. The minimum Gasteiger partial charge on any atom is -0.467 e. The van der Waals surface area contributed by atoms with E-state index in [9.17, 15) is 4.79 Å². The third-order valence-electron chi connectivity index (χ3n) is 3.82. The Morgan fingerprint density at radius 1 is 1.44 bits per heavy atom. The number of piperazine rings is 1. The van der Waals surface area contributed by atoms with Gasteiger partial charge in [-0.05, 0) is 19.1 Å². The van der Waals surface area contributed by atoms with Crippen LogP contribution in [-0.2, 0) is 18.4 Å². The van der Waals surface area contributed by atoms with Gasteiger partial charge in [-0.1, -0.05) is 0 Å². The summed E-state index contributed by atoms with van der Waals surface area (Å²) in [6, 6.07) is 3.73. The fourth-order valence-corrected chi connectivity index (χ4v) is 2.66. The maximum absolute atomic E-state index is 12.5. The summed E-state index contributed by atoms with van der Waals surface area (Å²) in [5.41, 5.74) is 0.833. The number of furan rings is 1. The topological polar surface area (TPSA) is 78.9 Å². The smallest absolute Gasteiger partial charge is 0.246 e. The molecule has 3 heterocycles. The van der Waals surface area contributed by atoms with Crippen LogP contribution in [0.1, 0.15) is 12.7 Å². The molecule has 0 spiro atoms. The van der Waals surface area contributed by atoms with Crippen molar-refractivity contribution in [2.24, 2.45) is 12.0 Å². The number of rotatable bonds is 4. The maximum Gasteiger partial charge on any atom is 0.246 e. The molecule has 0 bridgehead atoms. The van der Waals surface area contributed by atoms with Crippen molar-refractivity contribution in [3.63, 3.8) is 0 Å². The molecule has 1 saturated heterocycles. The number of nitrogens with one attached hydrogen (secondary N) is 1. The highest BCUT2D eigenvalue weighted by Crippen LogP contribution is 2.16. The lowest BCUT2D eigenvalue weighted by Crippen LogP contribution is -2.55. The highest BCUT2D eigenvalue weighted by Gasteiger charge is 2.27. The Bertz CT molecular complexity index is 712. The van der Waals surface area contributed by atoms with E-state index in [1.807, 2.05) is 37.2 Å². The standard InChI is InChI=1S/C16H22N6O2.HI/c1-3-17-16(18-10-14-5-4-8-24-14)21-6-7-22(15(23)12-21)13-9-19-20(2)11-13;/h4-5,8-9,11H,3,6-7,10,12H2,1-2H3,(H,17,18);1H. The molecule has 1 fully saturated rings. The summed E-state index contributed by atoms with van der Waals surface area (Å²) < 4.78 is 7.01. The zero-order valence-electron chi connectivity index (χ0n) is 14.4. The molecule has 1 N–H and O–H groups in total. The van der Waals surface area contributed by atoms with E-state index in [1.54, 1.807) is 22.0 Å². The van der Waals surface area contributed by atoms with E-state index in [0.29, 0.717) is 26.2 Å². The Balaban J connectivity index is 0.00000225. The summed E-state index contributed by atoms with van der Waals surface area (Å²) in [4.78, 5) is 20.8. The number of carbonyl (C=O) groups is 1. The molecule has 0 unspecified atom stereocenters. The zero-order valence-corrected chi connectivity index (χ0v) is 16.7. The van der Waals surface area contributed by atoms with E-state index in [2.05, 4.69) is 15.4 Å². The van der Waals surface area contributed by atoms with E-state index in [-0.39, 0.29) is 29.9 Å². The maximum atomic E-state index is 12.5. The van der Waals surface area contributed by atoms with Crippen LogP contribution >= 0.6 is 24.0 Å². The Morgan fingerprint density at radius 3 is 2.88 bits per heavy atom. The first-order valence-electron chi connectivity index (χ1n) is 8.02. The summed E-state index contributed by atoms with van der Waals surface area (Å²) in [5, 5.41) is 7.37. The van der Waals surface area contributed by atoms with Crippen LogP contribution in [-0.4, -0.2) is 52.7 Å². The van der Waals surface area contributed by atoms with Crippen LogP contribution in [0, 0.1) is 0 Å². The second kappa shape index (κ2) is 8.88. The number of carbonyl (C=O) groups excluding carboxylic acids is 1. The Kier molecular flexibility index (Phi) is 6.85. The van der Waals surface area contributed by atoms with E-state index < -0.39 is 0 Å². The average molecular weight is 458 g/mol. The first-order chi connectivity index (χ1) is 11.7. The molecular weight excluding hydrogens is 435 g/mol. The number of guanidine groups is 1. The lowest BCUT2D eigenvalue weighted by atomic mass is 10.3. The number of aryl methyl sites for hydroxylation is 1. The monoisotopic (exact) mass is 458 g/mol. The molecule has 0 aromatic carbocycles. The van der Waals surface area contributed by atoms with Crippen LogP contribution in [0.15, 0.2) is 40.2 Å². The number of aromatic nitrogens is 2. The van der Waals surface area contributed by atoms with Gasteiger partial charge in [0.05, 0.1) is 18.1 Å². The number of amides is 1. The molecule has 1 aliphatic rings. The number of aliphatic imine (C=N–C) groups is 1. The quantitative estimate of drug-likeness (QED) is 0.427. The van der Waals surface area contributed by atoms with Crippen molar-refractivity contribution in [3.05, 3.63) is 36.5 Å². The molecule has 0 atom stereocenters. The fourth-order valence-electron chi connectivity index (χ4n) is 2.66. The predicted molar refractivity (Wildman–Crippen MR) is 106 cm³/mol. The number of hydrogen-bond acceptors (Lipinski definition) is 4. The van der Waals surface area contributed by atoms with Crippen LogP contribution in [0.4, 0.5) is 5.69 Å². The average Bonchev–Trinajstić information content (AvgIpc) is 3.23. The zero-order chi connectivity index (χ0) is 16.9. The van der Waals surface area contributed by atoms with Gasteiger partial charge in [0.2, 0.25) is 5.91 Å². The van der Waals surface area contributed by atoms with Gasteiger partial charge in [-0.25, -0.2) is 4.99 Å². The van der Waals surface area contributed by atoms with Crippen LogP contribution in [0.2, 0.25) is 0 Å². The SMILES string of the molecule is CCNC(=NCc1ccco1)N1CCN(c2cnn(C)c2)C(=O)C1.I. The molecule has 0 saturated carbocycles. The molecular formula is C16H23IN6O2. The molecule has 8 nitrogen and oxygen atoms in total. The lowest BCUT2D eigenvalue weighted by molar-refractivity contribution is -0.120. The van der Waals surface area contributed by atoms with Gasteiger partial charge in [-0.2, -0.15) is 5.10 Å². The molecule has 0 aliphatic carbocycles. The molecule has 3 rings (SSSR count). The summed E-state index contributed by atoms with van der Waals surface area (Å²) >= 11 is 0. The van der Waals surface area contributed by atoms with E-state index in [0.717, 1.165) is 24.0 Å². The number of anilines is 1. The first kappa shape index (κ1) is 19.3. The molecule has 2 aromatic rings. The van der Waals surface area contributed by atoms with Crippen LogP contribution in [0.5, 0.6) is 0 Å². The van der Waals surface area contributed by atoms with Crippen molar-refractivity contribution in [1.82, 2.24) is 20.0 Å². The predicted octanol–water partition coefficient (Wildman–Crippen LogP) is 1.45. The lowest BCUT2D eigenvalue weighted by Gasteiger charge is -2.35. The normalized spacial score (nSPS) is 15.3. The Hall–Kier alpha value is -2.04. The Labute approximate surface area is 163 Å². The van der Waals surface area contributed by atoms with Gasteiger partial charge in [-0.3, -0.25) is 9.48 Å². The second-order valence-electron chi connectivity index (χ2n) is 5.59. The van der Waals surface area contributed by atoms with Crippen LogP contribution < -0.4 is 10.2 Å². The summed E-state index contributed by atoms with van der Waals surface area (Å²) in [7, 11) is 1.84. The molecule has 2 aromatic heterocycles. The van der Waals surface area contributed by atoms with E-state index >= 15 is 0 Å². The van der Waals surface area contributed by atoms with Gasteiger partial charge < -0.3 is 19.5 Å². The number of halogens is 1. The highest BCUT2D eigenvalue weighted by molar-refractivity contribution is 14.0. The Morgan fingerprint density at radius 2 is 2.28 bits per heavy atom. The van der Waals surface area contributed by atoms with E-state index in [4.69, 9.17) is 4.42 Å². The minimum absolute atomic E-state index is 0. The van der Waals surface area contributed by atoms with Crippen molar-refractivity contribution in [1.29, 1.82) is 0 Å². The number of nitrogens with zero attached hydrogens (tertiary/aromatic N) is 5. The highest BCUT2D eigenvalue weighted by atomic mass is 127. The van der Waals surface area contributed by atoms with Crippen molar-refractivity contribution in [2.45, 2.75) is 13.5 Å². The van der Waals surface area contributed by atoms with Gasteiger partial charge >= 0.3 is 0 Å². The second-order valence-corrected chi connectivity index (χ2v) is 5.59. The fraction of sp³-hybridized carbons (Fsp3) is 0.438. The van der Waals surface area contributed by atoms with Gasteiger partial charge in [-0.15, -0.1) is 24.0 Å². The third-order valence-corrected chi connectivity index (χ3v) is 3.82.